The van der Waals surface area contributed by atoms with Crippen LogP contribution in [0.4, 0.5) is 0 Å². The maximum Gasteiger partial charge on any atom is 0.251 e. The third-order valence-electron chi connectivity index (χ3n) is 3.16. The molecule has 2 aromatic carbocycles. The minimum atomic E-state index is -3.59. The molecule has 0 saturated heterocycles. The van der Waals surface area contributed by atoms with Crippen molar-refractivity contribution in [3.8, 4) is 5.75 Å². The molecule has 6 nitrogen and oxygen atoms in total. The Kier molecular flexibility index (Phi) is 6.19. The quantitative estimate of drug-likeness (QED) is 0.732. The van der Waals surface area contributed by atoms with Crippen molar-refractivity contribution in [2.24, 2.45) is 0 Å². The number of amides is 1. The number of nitrogens with one attached hydrogen (secondary N) is 2. The topological polar surface area (TPSA) is 84.5 Å². The number of carbonyl (C=O) groups is 1. The molecule has 0 fully saturated rings. The molecule has 24 heavy (non-hydrogen) atoms. The molecular formula is C16H17ClN2O4S. The van der Waals surface area contributed by atoms with Gasteiger partial charge in [-0.15, -0.1) is 0 Å². The molecule has 0 unspecified atom stereocenters. The lowest BCUT2D eigenvalue weighted by molar-refractivity contribution is 0.0947. The number of ether oxygens (including phenoxy) is 1. The highest BCUT2D eigenvalue weighted by Gasteiger charge is 2.14. The van der Waals surface area contributed by atoms with Crippen LogP contribution in [0.15, 0.2) is 53.4 Å². The molecule has 0 heterocycles. The minimum Gasteiger partial charge on any atom is -0.490 e. The van der Waals surface area contributed by atoms with E-state index >= 15 is 0 Å². The Morgan fingerprint density at radius 3 is 2.62 bits per heavy atom. The molecule has 0 bridgehead atoms. The Bertz CT molecular complexity index is 824. The third-order valence-corrected chi connectivity index (χ3v) is 4.88. The molecule has 0 radical (unpaired) electrons. The number of rotatable bonds is 7. The van der Waals surface area contributed by atoms with Gasteiger partial charge in [0, 0.05) is 5.56 Å². The van der Waals surface area contributed by atoms with E-state index < -0.39 is 10.0 Å². The lowest BCUT2D eigenvalue weighted by Crippen LogP contribution is -2.28. The van der Waals surface area contributed by atoms with E-state index in [1.54, 1.807) is 30.3 Å². The van der Waals surface area contributed by atoms with Crippen LogP contribution >= 0.6 is 11.6 Å². The van der Waals surface area contributed by atoms with Gasteiger partial charge in [0.05, 0.1) is 16.5 Å². The Morgan fingerprint density at radius 1 is 1.17 bits per heavy atom. The minimum absolute atomic E-state index is 0.0324. The van der Waals surface area contributed by atoms with Gasteiger partial charge in [-0.3, -0.25) is 4.79 Å². The van der Waals surface area contributed by atoms with Crippen LogP contribution in [0.5, 0.6) is 5.75 Å². The molecule has 8 heteroatoms. The first-order valence-electron chi connectivity index (χ1n) is 7.13. The monoisotopic (exact) mass is 368 g/mol. The SMILES string of the molecule is CNS(=O)(=O)c1cccc(C(=O)NCCOc2ccccc2Cl)c1. The summed E-state index contributed by atoms with van der Waals surface area (Å²) >= 11 is 5.96. The Labute approximate surface area is 145 Å². The first-order valence-corrected chi connectivity index (χ1v) is 8.99. The molecule has 0 atom stereocenters. The highest BCUT2D eigenvalue weighted by Crippen LogP contribution is 2.22. The maximum absolute atomic E-state index is 12.1. The zero-order valence-electron chi connectivity index (χ0n) is 13.0. The van der Waals surface area contributed by atoms with Crippen molar-refractivity contribution in [2.45, 2.75) is 4.90 Å². The van der Waals surface area contributed by atoms with E-state index in [0.717, 1.165) is 0 Å². The van der Waals surface area contributed by atoms with Crippen molar-refractivity contribution in [1.29, 1.82) is 0 Å². The molecule has 2 N–H and O–H groups in total. The van der Waals surface area contributed by atoms with E-state index in [-0.39, 0.29) is 29.5 Å². The van der Waals surface area contributed by atoms with Crippen LogP contribution in [0.25, 0.3) is 0 Å². The van der Waals surface area contributed by atoms with Crippen LogP contribution in [0.3, 0.4) is 0 Å². The Hall–Kier alpha value is -2.09. The summed E-state index contributed by atoms with van der Waals surface area (Å²) in [5.74, 6) is 0.154. The van der Waals surface area contributed by atoms with Crippen LogP contribution in [0, 0.1) is 0 Å². The lowest BCUT2D eigenvalue weighted by atomic mass is 10.2. The fraction of sp³-hybridized carbons (Fsp3) is 0.188. The molecule has 1 amide bonds. The van der Waals surface area contributed by atoms with E-state index in [1.807, 2.05) is 0 Å². The van der Waals surface area contributed by atoms with Gasteiger partial charge in [0.2, 0.25) is 10.0 Å². The van der Waals surface area contributed by atoms with Crippen LogP contribution in [0.1, 0.15) is 10.4 Å². The van der Waals surface area contributed by atoms with Crippen LogP contribution in [-0.2, 0) is 10.0 Å². The molecule has 128 valence electrons. The molecule has 0 aliphatic rings. The average molecular weight is 369 g/mol. The number of para-hydroxylation sites is 1. The van der Waals surface area contributed by atoms with Gasteiger partial charge in [0.15, 0.2) is 0 Å². The molecule has 0 spiro atoms. The first-order chi connectivity index (χ1) is 11.4. The van der Waals surface area contributed by atoms with Gasteiger partial charge in [0.1, 0.15) is 12.4 Å². The highest BCUT2D eigenvalue weighted by molar-refractivity contribution is 7.89. The van der Waals surface area contributed by atoms with Crippen molar-refractivity contribution in [1.82, 2.24) is 10.0 Å². The molecule has 0 aromatic heterocycles. The number of carbonyl (C=O) groups excluding carboxylic acids is 1. The Morgan fingerprint density at radius 2 is 1.92 bits per heavy atom. The second-order valence-corrected chi connectivity index (χ2v) is 7.06. The predicted molar refractivity (Wildman–Crippen MR) is 92.0 cm³/mol. The molecule has 0 saturated carbocycles. The van der Waals surface area contributed by atoms with Crippen molar-refractivity contribution < 1.29 is 17.9 Å². The smallest absolute Gasteiger partial charge is 0.251 e. The summed E-state index contributed by atoms with van der Waals surface area (Å²) in [6.07, 6.45) is 0. The van der Waals surface area contributed by atoms with Crippen LogP contribution in [-0.4, -0.2) is 34.5 Å². The number of sulfonamides is 1. The third kappa shape index (κ3) is 4.70. The maximum atomic E-state index is 12.1. The summed E-state index contributed by atoms with van der Waals surface area (Å²) in [5.41, 5.74) is 0.254. The standard InChI is InChI=1S/C16H17ClN2O4S/c1-18-24(21,22)13-6-4-5-12(11-13)16(20)19-9-10-23-15-8-3-2-7-14(15)17/h2-8,11,18H,9-10H2,1H3,(H,19,20). The zero-order valence-corrected chi connectivity index (χ0v) is 14.5. The predicted octanol–water partition coefficient (Wildman–Crippen LogP) is 2.06. The lowest BCUT2D eigenvalue weighted by Gasteiger charge is -2.09. The van der Waals surface area contributed by atoms with Crippen molar-refractivity contribution >= 4 is 27.5 Å². The molecular weight excluding hydrogens is 352 g/mol. The van der Waals surface area contributed by atoms with Crippen molar-refractivity contribution in [3.63, 3.8) is 0 Å². The largest absolute Gasteiger partial charge is 0.490 e. The second kappa shape index (κ2) is 8.14. The molecule has 0 aliphatic heterocycles. The molecule has 2 aromatic rings. The number of hydrogen-bond acceptors (Lipinski definition) is 4. The summed E-state index contributed by atoms with van der Waals surface area (Å²) in [6, 6.07) is 12.8. The summed E-state index contributed by atoms with van der Waals surface area (Å²) in [5, 5.41) is 3.16. The molecule has 0 aliphatic carbocycles. The fourth-order valence-electron chi connectivity index (χ4n) is 1.91. The normalized spacial score (nSPS) is 11.1. The van der Waals surface area contributed by atoms with E-state index in [2.05, 4.69) is 10.0 Å². The first kappa shape index (κ1) is 18.3. The summed E-state index contributed by atoms with van der Waals surface area (Å²) in [7, 11) is -2.28. The van der Waals surface area contributed by atoms with Crippen molar-refractivity contribution in [2.75, 3.05) is 20.2 Å². The van der Waals surface area contributed by atoms with Gasteiger partial charge in [-0.05, 0) is 37.4 Å². The number of hydrogen-bond donors (Lipinski definition) is 2. The van der Waals surface area contributed by atoms with Crippen LogP contribution in [0.2, 0.25) is 5.02 Å². The van der Waals surface area contributed by atoms with Gasteiger partial charge < -0.3 is 10.1 Å². The van der Waals surface area contributed by atoms with Gasteiger partial charge in [-0.25, -0.2) is 13.1 Å². The second-order valence-electron chi connectivity index (χ2n) is 4.77. The average Bonchev–Trinajstić information content (AvgIpc) is 2.60. The van der Waals surface area contributed by atoms with E-state index in [0.29, 0.717) is 10.8 Å². The van der Waals surface area contributed by atoms with E-state index in [1.165, 1.54) is 25.2 Å². The number of benzene rings is 2. The van der Waals surface area contributed by atoms with Crippen molar-refractivity contribution in [3.05, 3.63) is 59.1 Å². The summed E-state index contributed by atoms with van der Waals surface area (Å²) in [4.78, 5) is 12.1. The van der Waals surface area contributed by atoms with Crippen LogP contribution < -0.4 is 14.8 Å². The summed E-state index contributed by atoms with van der Waals surface area (Å²) < 4.78 is 31.2. The highest BCUT2D eigenvalue weighted by atomic mass is 35.5. The molecule has 2 rings (SSSR count). The zero-order chi connectivity index (χ0) is 17.6. The fourth-order valence-corrected chi connectivity index (χ4v) is 2.88. The van der Waals surface area contributed by atoms with Gasteiger partial charge in [-0.2, -0.15) is 0 Å². The number of halogens is 1. The van der Waals surface area contributed by atoms with Gasteiger partial charge in [0.25, 0.3) is 5.91 Å². The van der Waals surface area contributed by atoms with E-state index in [9.17, 15) is 13.2 Å². The Balaban J connectivity index is 1.91. The van der Waals surface area contributed by atoms with Gasteiger partial charge in [-0.1, -0.05) is 29.8 Å². The van der Waals surface area contributed by atoms with E-state index in [4.69, 9.17) is 16.3 Å². The summed E-state index contributed by atoms with van der Waals surface area (Å²) in [6.45, 7) is 0.497. The van der Waals surface area contributed by atoms with Gasteiger partial charge >= 0.3 is 0 Å².